The standard InChI is InChI=1S/C14H21FN2O2S/c1-10(11-4-3-7-16-9-11)17-14-6-5-12(8-13(14)15)20(2,18)19/h5-6,8,10-11,16-17H,3-4,7,9H2,1-2H3. The molecule has 2 N–H and O–H groups in total. The van der Waals surface area contributed by atoms with Gasteiger partial charge in [-0.1, -0.05) is 0 Å². The molecule has 1 aliphatic heterocycles. The molecule has 1 aliphatic rings. The number of rotatable bonds is 4. The molecule has 6 heteroatoms. The second kappa shape index (κ2) is 6.10. The summed E-state index contributed by atoms with van der Waals surface area (Å²) in [6.07, 6.45) is 3.32. The van der Waals surface area contributed by atoms with Crippen LogP contribution in [0.1, 0.15) is 19.8 Å². The third-order valence-electron chi connectivity index (χ3n) is 3.79. The maximum atomic E-state index is 14.0. The van der Waals surface area contributed by atoms with Crippen LogP contribution in [-0.4, -0.2) is 33.8 Å². The van der Waals surface area contributed by atoms with Crippen LogP contribution in [0.25, 0.3) is 0 Å². The van der Waals surface area contributed by atoms with Crippen LogP contribution < -0.4 is 10.6 Å². The zero-order valence-electron chi connectivity index (χ0n) is 11.8. The molecule has 0 saturated carbocycles. The zero-order valence-corrected chi connectivity index (χ0v) is 12.6. The van der Waals surface area contributed by atoms with Gasteiger partial charge in [0.2, 0.25) is 0 Å². The molecule has 0 aromatic heterocycles. The van der Waals surface area contributed by atoms with E-state index in [9.17, 15) is 12.8 Å². The molecular weight excluding hydrogens is 279 g/mol. The van der Waals surface area contributed by atoms with Crippen LogP contribution in [0, 0.1) is 11.7 Å². The van der Waals surface area contributed by atoms with Gasteiger partial charge in [-0.05, 0) is 57.0 Å². The Kier molecular flexibility index (Phi) is 4.65. The van der Waals surface area contributed by atoms with Gasteiger partial charge in [-0.3, -0.25) is 0 Å². The molecule has 2 rings (SSSR count). The van der Waals surface area contributed by atoms with Crippen LogP contribution in [0.4, 0.5) is 10.1 Å². The molecule has 4 nitrogen and oxygen atoms in total. The lowest BCUT2D eigenvalue weighted by Gasteiger charge is -2.29. The van der Waals surface area contributed by atoms with E-state index in [1.165, 1.54) is 12.1 Å². The van der Waals surface area contributed by atoms with Crippen molar-refractivity contribution in [1.82, 2.24) is 5.32 Å². The summed E-state index contributed by atoms with van der Waals surface area (Å²) in [6.45, 7) is 4.00. The second-order valence-electron chi connectivity index (χ2n) is 5.45. The molecule has 1 saturated heterocycles. The van der Waals surface area contributed by atoms with E-state index in [4.69, 9.17) is 0 Å². The summed E-state index contributed by atoms with van der Waals surface area (Å²) in [7, 11) is -3.37. The molecule has 1 heterocycles. The molecule has 0 amide bonds. The normalized spacial score (nSPS) is 21.4. The SMILES string of the molecule is CC(Nc1ccc(S(C)(=O)=O)cc1F)C1CCCNC1. The van der Waals surface area contributed by atoms with Gasteiger partial charge in [0.05, 0.1) is 10.6 Å². The van der Waals surface area contributed by atoms with E-state index >= 15 is 0 Å². The first-order chi connectivity index (χ1) is 9.38. The van der Waals surface area contributed by atoms with Crippen molar-refractivity contribution in [1.29, 1.82) is 0 Å². The molecule has 0 aliphatic carbocycles. The number of piperidine rings is 1. The van der Waals surface area contributed by atoms with E-state index < -0.39 is 15.7 Å². The minimum atomic E-state index is -3.37. The van der Waals surface area contributed by atoms with Gasteiger partial charge in [-0.15, -0.1) is 0 Å². The largest absolute Gasteiger partial charge is 0.380 e. The molecule has 1 aromatic rings. The number of sulfone groups is 1. The molecule has 0 bridgehead atoms. The van der Waals surface area contributed by atoms with Crippen LogP contribution in [0.15, 0.2) is 23.1 Å². The number of benzene rings is 1. The van der Waals surface area contributed by atoms with Gasteiger partial charge in [-0.2, -0.15) is 0 Å². The fraction of sp³-hybridized carbons (Fsp3) is 0.571. The first-order valence-corrected chi connectivity index (χ1v) is 8.74. The van der Waals surface area contributed by atoms with Crippen LogP contribution in [0.2, 0.25) is 0 Å². The fourth-order valence-corrected chi connectivity index (χ4v) is 3.14. The molecule has 0 radical (unpaired) electrons. The van der Waals surface area contributed by atoms with Crippen molar-refractivity contribution in [2.45, 2.75) is 30.7 Å². The van der Waals surface area contributed by atoms with Gasteiger partial charge in [0.25, 0.3) is 0 Å². The molecule has 1 aromatic carbocycles. The average Bonchev–Trinajstić information content (AvgIpc) is 2.41. The molecular formula is C14H21FN2O2S. The summed E-state index contributed by atoms with van der Waals surface area (Å²) in [5.41, 5.74) is 0.357. The quantitative estimate of drug-likeness (QED) is 0.893. The number of anilines is 1. The van der Waals surface area contributed by atoms with Crippen LogP contribution in [0.3, 0.4) is 0 Å². The molecule has 1 fully saturated rings. The number of halogens is 1. The summed E-state index contributed by atoms with van der Waals surface area (Å²) in [5, 5.41) is 6.48. The lowest BCUT2D eigenvalue weighted by atomic mass is 9.92. The van der Waals surface area contributed by atoms with Gasteiger partial charge in [0.1, 0.15) is 5.82 Å². The molecule has 2 atom stereocenters. The summed E-state index contributed by atoms with van der Waals surface area (Å²) >= 11 is 0. The maximum Gasteiger partial charge on any atom is 0.175 e. The van der Waals surface area contributed by atoms with Crippen molar-refractivity contribution < 1.29 is 12.8 Å². The van der Waals surface area contributed by atoms with Crippen LogP contribution in [-0.2, 0) is 9.84 Å². The topological polar surface area (TPSA) is 58.2 Å². The van der Waals surface area contributed by atoms with Crippen molar-refractivity contribution in [2.24, 2.45) is 5.92 Å². The molecule has 112 valence electrons. The highest BCUT2D eigenvalue weighted by Gasteiger charge is 2.21. The van der Waals surface area contributed by atoms with Gasteiger partial charge in [-0.25, -0.2) is 12.8 Å². The first kappa shape index (κ1) is 15.3. The van der Waals surface area contributed by atoms with E-state index in [2.05, 4.69) is 10.6 Å². The Bertz CT molecular complexity index is 569. The minimum absolute atomic E-state index is 0.00698. The van der Waals surface area contributed by atoms with Crippen molar-refractivity contribution in [3.63, 3.8) is 0 Å². The van der Waals surface area contributed by atoms with Crippen LogP contribution in [0.5, 0.6) is 0 Å². The Balaban J connectivity index is 2.09. The van der Waals surface area contributed by atoms with E-state index in [1.54, 1.807) is 0 Å². The minimum Gasteiger partial charge on any atom is -0.380 e. The van der Waals surface area contributed by atoms with Crippen molar-refractivity contribution in [3.05, 3.63) is 24.0 Å². The molecule has 0 spiro atoms. The lowest BCUT2D eigenvalue weighted by Crippen LogP contribution is -2.38. The number of hydrogen-bond donors (Lipinski definition) is 2. The Morgan fingerprint density at radius 2 is 2.20 bits per heavy atom. The Hall–Kier alpha value is -1.14. The summed E-state index contributed by atoms with van der Waals surface area (Å²) < 4.78 is 36.7. The van der Waals surface area contributed by atoms with E-state index in [0.717, 1.165) is 38.3 Å². The second-order valence-corrected chi connectivity index (χ2v) is 7.47. The van der Waals surface area contributed by atoms with E-state index in [1.807, 2.05) is 6.92 Å². The average molecular weight is 300 g/mol. The zero-order chi connectivity index (χ0) is 14.8. The third-order valence-corrected chi connectivity index (χ3v) is 4.90. The molecule has 20 heavy (non-hydrogen) atoms. The molecule has 2 unspecified atom stereocenters. The maximum absolute atomic E-state index is 14.0. The summed E-state index contributed by atoms with van der Waals surface area (Å²) in [5.74, 6) is -0.0683. The fourth-order valence-electron chi connectivity index (χ4n) is 2.51. The van der Waals surface area contributed by atoms with Gasteiger partial charge in [0.15, 0.2) is 9.84 Å². The highest BCUT2D eigenvalue weighted by Crippen LogP contribution is 2.23. The van der Waals surface area contributed by atoms with Crippen LogP contribution >= 0.6 is 0 Å². The smallest absolute Gasteiger partial charge is 0.175 e. The van der Waals surface area contributed by atoms with E-state index in [-0.39, 0.29) is 10.9 Å². The number of nitrogens with one attached hydrogen (secondary N) is 2. The van der Waals surface area contributed by atoms with Crippen molar-refractivity contribution in [2.75, 3.05) is 24.7 Å². The highest BCUT2D eigenvalue weighted by molar-refractivity contribution is 7.90. The van der Waals surface area contributed by atoms with Crippen molar-refractivity contribution >= 4 is 15.5 Å². The predicted molar refractivity (Wildman–Crippen MR) is 78.2 cm³/mol. The number of hydrogen-bond acceptors (Lipinski definition) is 4. The monoisotopic (exact) mass is 300 g/mol. The summed E-state index contributed by atoms with van der Waals surface area (Å²) in [4.78, 5) is 0.00698. The highest BCUT2D eigenvalue weighted by atomic mass is 32.2. The lowest BCUT2D eigenvalue weighted by molar-refractivity contribution is 0.346. The first-order valence-electron chi connectivity index (χ1n) is 6.85. The Morgan fingerprint density at radius 1 is 1.45 bits per heavy atom. The van der Waals surface area contributed by atoms with Crippen molar-refractivity contribution in [3.8, 4) is 0 Å². The predicted octanol–water partition coefficient (Wildman–Crippen LogP) is 2.03. The van der Waals surface area contributed by atoms with E-state index in [0.29, 0.717) is 11.6 Å². The summed E-state index contributed by atoms with van der Waals surface area (Å²) in [6, 6.07) is 4.15. The third kappa shape index (κ3) is 3.70. The van der Waals surface area contributed by atoms with Gasteiger partial charge >= 0.3 is 0 Å². The Morgan fingerprint density at radius 3 is 2.75 bits per heavy atom. The van der Waals surface area contributed by atoms with Gasteiger partial charge < -0.3 is 10.6 Å². The van der Waals surface area contributed by atoms with Gasteiger partial charge in [0, 0.05) is 12.3 Å². The Labute approximate surface area is 119 Å².